The van der Waals surface area contributed by atoms with Gasteiger partial charge < -0.3 is 9.84 Å². The van der Waals surface area contributed by atoms with Gasteiger partial charge in [0.1, 0.15) is 0 Å². The van der Waals surface area contributed by atoms with E-state index in [9.17, 15) is 4.79 Å². The van der Waals surface area contributed by atoms with Crippen LogP contribution in [-0.2, 0) is 9.53 Å². The van der Waals surface area contributed by atoms with Crippen molar-refractivity contribution in [3.05, 3.63) is 0 Å². The lowest BCUT2D eigenvalue weighted by Gasteiger charge is -2.39. The summed E-state index contributed by atoms with van der Waals surface area (Å²) in [6, 6.07) is 0.493. The molecule has 1 unspecified atom stereocenters. The number of aliphatic hydroxyl groups is 1. The molecule has 0 aromatic carbocycles. The lowest BCUT2D eigenvalue weighted by Crippen LogP contribution is -2.52. The Balaban J connectivity index is 2.24. The highest BCUT2D eigenvalue weighted by Gasteiger charge is 2.23. The molecule has 1 saturated heterocycles. The van der Waals surface area contributed by atoms with Crippen molar-refractivity contribution in [2.45, 2.75) is 25.8 Å². The van der Waals surface area contributed by atoms with Gasteiger partial charge in [-0.25, -0.2) is 0 Å². The van der Waals surface area contributed by atoms with Crippen LogP contribution < -0.4 is 0 Å². The predicted octanol–water partition coefficient (Wildman–Crippen LogP) is -0.0620. The number of ether oxygens (including phenoxy) is 1. The quantitative estimate of drug-likeness (QED) is 0.663. The Bertz CT molecular complexity index is 236. The van der Waals surface area contributed by atoms with Crippen LogP contribution in [0.2, 0.25) is 0 Å². The number of hydrogen-bond donors (Lipinski definition) is 1. The minimum absolute atomic E-state index is 0.139. The molecule has 0 aromatic heterocycles. The van der Waals surface area contributed by atoms with Gasteiger partial charge >= 0.3 is 5.97 Å². The average Bonchev–Trinajstić information content (AvgIpc) is 2.34. The van der Waals surface area contributed by atoms with Crippen molar-refractivity contribution in [2.75, 3.05) is 46.4 Å². The summed E-state index contributed by atoms with van der Waals surface area (Å²) in [4.78, 5) is 15.8. The van der Waals surface area contributed by atoms with E-state index in [1.54, 1.807) is 0 Å². The second-order valence-corrected chi connectivity index (χ2v) is 4.59. The van der Waals surface area contributed by atoms with E-state index in [2.05, 4.69) is 21.5 Å². The summed E-state index contributed by atoms with van der Waals surface area (Å²) in [6.07, 6.45) is 1.31. The van der Waals surface area contributed by atoms with Crippen molar-refractivity contribution in [1.29, 1.82) is 0 Å². The number of carbonyl (C=O) groups is 1. The minimum atomic E-state index is -0.139. The van der Waals surface area contributed by atoms with Crippen LogP contribution in [0.5, 0.6) is 0 Å². The Kier molecular flexibility index (Phi) is 6.47. The molecule has 100 valence electrons. The monoisotopic (exact) mass is 244 g/mol. The van der Waals surface area contributed by atoms with E-state index < -0.39 is 0 Å². The molecule has 1 fully saturated rings. The average molecular weight is 244 g/mol. The summed E-state index contributed by atoms with van der Waals surface area (Å²) in [5.41, 5.74) is 0. The second kappa shape index (κ2) is 7.63. The van der Waals surface area contributed by atoms with E-state index in [1.165, 1.54) is 7.11 Å². The molecule has 5 heteroatoms. The first kappa shape index (κ1) is 14.4. The molecule has 0 bridgehead atoms. The summed E-state index contributed by atoms with van der Waals surface area (Å²) in [5, 5.41) is 8.82. The molecular formula is C12H24N2O3. The van der Waals surface area contributed by atoms with E-state index in [0.29, 0.717) is 12.5 Å². The normalized spacial score (nSPS) is 22.6. The number of piperazine rings is 1. The number of esters is 1. The van der Waals surface area contributed by atoms with Crippen LogP contribution in [0.1, 0.15) is 19.8 Å². The first-order chi connectivity index (χ1) is 8.17. The van der Waals surface area contributed by atoms with Gasteiger partial charge in [0.25, 0.3) is 0 Å². The summed E-state index contributed by atoms with van der Waals surface area (Å²) in [5.74, 6) is -0.139. The van der Waals surface area contributed by atoms with Crippen LogP contribution in [0.4, 0.5) is 0 Å². The molecule has 1 atom stereocenters. The third-order valence-corrected chi connectivity index (χ3v) is 3.31. The second-order valence-electron chi connectivity index (χ2n) is 4.59. The summed E-state index contributed by atoms with van der Waals surface area (Å²) in [7, 11) is 1.43. The van der Waals surface area contributed by atoms with Crippen LogP contribution >= 0.6 is 0 Å². The molecule has 0 aliphatic carbocycles. The van der Waals surface area contributed by atoms with Gasteiger partial charge in [0.2, 0.25) is 0 Å². The maximum atomic E-state index is 11.1. The van der Waals surface area contributed by atoms with Crippen molar-refractivity contribution < 1.29 is 14.6 Å². The van der Waals surface area contributed by atoms with Gasteiger partial charge in [-0.15, -0.1) is 0 Å². The number of rotatable bonds is 6. The van der Waals surface area contributed by atoms with E-state index in [1.807, 2.05) is 0 Å². The van der Waals surface area contributed by atoms with Gasteiger partial charge in [0.05, 0.1) is 13.5 Å². The Hall–Kier alpha value is -0.650. The van der Waals surface area contributed by atoms with Crippen LogP contribution in [-0.4, -0.2) is 73.4 Å². The molecule has 1 N–H and O–H groups in total. The van der Waals surface area contributed by atoms with Gasteiger partial charge in [-0.1, -0.05) is 0 Å². The largest absolute Gasteiger partial charge is 0.469 e. The summed E-state index contributed by atoms with van der Waals surface area (Å²) < 4.78 is 4.64. The number of carbonyl (C=O) groups excluding carboxylic acids is 1. The summed E-state index contributed by atoms with van der Waals surface area (Å²) >= 11 is 0. The first-order valence-corrected chi connectivity index (χ1v) is 6.31. The van der Waals surface area contributed by atoms with Crippen molar-refractivity contribution in [2.24, 2.45) is 0 Å². The molecule has 17 heavy (non-hydrogen) atoms. The fraction of sp³-hybridized carbons (Fsp3) is 0.917. The Morgan fingerprint density at radius 1 is 1.41 bits per heavy atom. The van der Waals surface area contributed by atoms with E-state index in [4.69, 9.17) is 5.11 Å². The SMILES string of the molecule is COC(=O)CCN1CCN(CCCO)C(C)C1. The van der Waals surface area contributed by atoms with Crippen molar-refractivity contribution in [3.63, 3.8) is 0 Å². The molecule has 1 aliphatic rings. The van der Waals surface area contributed by atoms with Gasteiger partial charge in [0.15, 0.2) is 0 Å². The topological polar surface area (TPSA) is 53.0 Å². The number of aliphatic hydroxyl groups excluding tert-OH is 1. The van der Waals surface area contributed by atoms with E-state index >= 15 is 0 Å². The van der Waals surface area contributed by atoms with Gasteiger partial charge in [-0.3, -0.25) is 14.6 Å². The zero-order valence-corrected chi connectivity index (χ0v) is 10.9. The minimum Gasteiger partial charge on any atom is -0.469 e. The third-order valence-electron chi connectivity index (χ3n) is 3.31. The molecule has 0 radical (unpaired) electrons. The van der Waals surface area contributed by atoms with Crippen LogP contribution in [0.25, 0.3) is 0 Å². The molecule has 1 aliphatic heterocycles. The lowest BCUT2D eigenvalue weighted by atomic mass is 10.1. The zero-order chi connectivity index (χ0) is 12.7. The third kappa shape index (κ3) is 5.02. The first-order valence-electron chi connectivity index (χ1n) is 6.31. The molecule has 0 amide bonds. The van der Waals surface area contributed by atoms with Crippen LogP contribution in [0, 0.1) is 0 Å². The standard InChI is InChI=1S/C12H24N2O3/c1-11-10-13(6-4-12(16)17-2)7-8-14(11)5-3-9-15/h11,15H,3-10H2,1-2H3. The van der Waals surface area contributed by atoms with Gasteiger partial charge in [-0.05, 0) is 13.3 Å². The van der Waals surface area contributed by atoms with E-state index in [0.717, 1.165) is 39.1 Å². The predicted molar refractivity (Wildman–Crippen MR) is 65.8 cm³/mol. The smallest absolute Gasteiger partial charge is 0.306 e. The Morgan fingerprint density at radius 3 is 2.76 bits per heavy atom. The fourth-order valence-corrected chi connectivity index (χ4v) is 2.23. The zero-order valence-electron chi connectivity index (χ0n) is 10.9. The highest BCUT2D eigenvalue weighted by Crippen LogP contribution is 2.10. The number of methoxy groups -OCH3 is 1. The van der Waals surface area contributed by atoms with Crippen molar-refractivity contribution >= 4 is 5.97 Å². The molecule has 0 spiro atoms. The fourth-order valence-electron chi connectivity index (χ4n) is 2.23. The number of nitrogens with zero attached hydrogens (tertiary/aromatic N) is 2. The van der Waals surface area contributed by atoms with Gasteiger partial charge in [0, 0.05) is 45.4 Å². The lowest BCUT2D eigenvalue weighted by molar-refractivity contribution is -0.141. The number of hydrogen-bond acceptors (Lipinski definition) is 5. The molecule has 5 nitrogen and oxygen atoms in total. The van der Waals surface area contributed by atoms with Crippen LogP contribution in [0.15, 0.2) is 0 Å². The maximum Gasteiger partial charge on any atom is 0.306 e. The molecular weight excluding hydrogens is 220 g/mol. The van der Waals surface area contributed by atoms with Gasteiger partial charge in [-0.2, -0.15) is 0 Å². The summed E-state index contributed by atoms with van der Waals surface area (Å²) in [6.45, 7) is 7.20. The highest BCUT2D eigenvalue weighted by atomic mass is 16.5. The molecule has 1 rings (SSSR count). The highest BCUT2D eigenvalue weighted by molar-refractivity contribution is 5.69. The Labute approximate surface area is 103 Å². The van der Waals surface area contributed by atoms with Crippen LogP contribution in [0.3, 0.4) is 0 Å². The van der Waals surface area contributed by atoms with Crippen molar-refractivity contribution in [3.8, 4) is 0 Å². The Morgan fingerprint density at radius 2 is 2.18 bits per heavy atom. The van der Waals surface area contributed by atoms with Crippen molar-refractivity contribution in [1.82, 2.24) is 9.80 Å². The van der Waals surface area contributed by atoms with E-state index in [-0.39, 0.29) is 12.6 Å². The molecule has 1 heterocycles. The molecule has 0 aromatic rings. The molecule has 0 saturated carbocycles. The maximum absolute atomic E-state index is 11.1.